The van der Waals surface area contributed by atoms with Crippen LogP contribution in [0.15, 0.2) is 46.2 Å². The van der Waals surface area contributed by atoms with Crippen molar-refractivity contribution in [1.29, 1.82) is 0 Å². The van der Waals surface area contributed by atoms with Crippen LogP contribution in [0.3, 0.4) is 0 Å². The molecule has 2 aromatic rings. The second-order valence-electron chi connectivity index (χ2n) is 6.32. The summed E-state index contributed by atoms with van der Waals surface area (Å²) in [7, 11) is -4.56. The highest BCUT2D eigenvalue weighted by Crippen LogP contribution is 2.35. The number of anilines is 1. The number of halogens is 1. The van der Waals surface area contributed by atoms with E-state index in [1.165, 1.54) is 55.7 Å². The molecule has 0 aromatic heterocycles. The van der Waals surface area contributed by atoms with Crippen LogP contribution >= 0.6 is 0 Å². The zero-order valence-corrected chi connectivity index (χ0v) is 16.2. The average Bonchev–Trinajstić information content (AvgIpc) is 3.00. The number of benzene rings is 2. The Balaban J connectivity index is 2.03. The van der Waals surface area contributed by atoms with E-state index in [2.05, 4.69) is 0 Å². The number of rotatable bonds is 4. The van der Waals surface area contributed by atoms with E-state index in [0.717, 1.165) is 10.4 Å². The number of sulfonamides is 2. The second-order valence-corrected chi connectivity index (χ2v) is 10.3. The van der Waals surface area contributed by atoms with Crippen LogP contribution in [-0.2, 0) is 26.5 Å². The molecule has 0 saturated heterocycles. The van der Waals surface area contributed by atoms with Crippen LogP contribution in [0.4, 0.5) is 10.1 Å². The van der Waals surface area contributed by atoms with Gasteiger partial charge in [0, 0.05) is 20.6 Å². The van der Waals surface area contributed by atoms with Gasteiger partial charge in [0.2, 0.25) is 10.0 Å². The maximum absolute atomic E-state index is 13.5. The first kappa shape index (κ1) is 18.8. The van der Waals surface area contributed by atoms with Crippen LogP contribution < -0.4 is 4.31 Å². The normalized spacial score (nSPS) is 14.7. The SMILES string of the molecule is Cc1cc(S(=O)(=O)N2CCc3cc(S(=O)(=O)N(C)C)ccc32)ccc1F. The largest absolute Gasteiger partial charge is 0.266 e. The molecule has 0 atom stereocenters. The van der Waals surface area contributed by atoms with Gasteiger partial charge in [-0.3, -0.25) is 4.31 Å². The molecule has 0 N–H and O–H groups in total. The van der Waals surface area contributed by atoms with Gasteiger partial charge >= 0.3 is 0 Å². The maximum atomic E-state index is 13.5. The van der Waals surface area contributed by atoms with Gasteiger partial charge in [-0.2, -0.15) is 0 Å². The van der Waals surface area contributed by atoms with Gasteiger partial charge in [0.1, 0.15) is 5.82 Å². The zero-order valence-electron chi connectivity index (χ0n) is 14.6. The summed E-state index contributed by atoms with van der Waals surface area (Å²) in [5, 5.41) is 0. The molecule has 9 heteroatoms. The van der Waals surface area contributed by atoms with Crippen LogP contribution in [0, 0.1) is 12.7 Å². The van der Waals surface area contributed by atoms with Crippen molar-refractivity contribution in [2.24, 2.45) is 0 Å². The van der Waals surface area contributed by atoms with Crippen LogP contribution in [0.1, 0.15) is 11.1 Å². The molecule has 3 rings (SSSR count). The van der Waals surface area contributed by atoms with E-state index in [1.54, 1.807) is 0 Å². The van der Waals surface area contributed by atoms with Crippen LogP contribution in [-0.4, -0.2) is 41.8 Å². The third kappa shape index (κ3) is 3.00. The lowest BCUT2D eigenvalue weighted by Crippen LogP contribution is -2.29. The highest BCUT2D eigenvalue weighted by atomic mass is 32.2. The highest BCUT2D eigenvalue weighted by molar-refractivity contribution is 7.92. The molecule has 1 heterocycles. The van der Waals surface area contributed by atoms with E-state index >= 15 is 0 Å². The van der Waals surface area contributed by atoms with Gasteiger partial charge in [0.25, 0.3) is 10.0 Å². The fraction of sp³-hybridized carbons (Fsp3) is 0.294. The molecule has 140 valence electrons. The molecule has 0 spiro atoms. The quantitative estimate of drug-likeness (QED) is 0.791. The Morgan fingerprint density at radius 2 is 1.65 bits per heavy atom. The van der Waals surface area contributed by atoms with Crippen molar-refractivity contribution in [3.63, 3.8) is 0 Å². The zero-order chi connectivity index (χ0) is 19.3. The van der Waals surface area contributed by atoms with E-state index in [0.29, 0.717) is 17.7 Å². The molecule has 0 radical (unpaired) electrons. The lowest BCUT2D eigenvalue weighted by atomic mass is 10.2. The number of fused-ring (bicyclic) bond motifs is 1. The molecule has 0 saturated carbocycles. The van der Waals surface area contributed by atoms with Crippen molar-refractivity contribution in [1.82, 2.24) is 4.31 Å². The smallest absolute Gasteiger partial charge is 0.264 e. The van der Waals surface area contributed by atoms with Crippen molar-refractivity contribution < 1.29 is 21.2 Å². The summed E-state index contributed by atoms with van der Waals surface area (Å²) < 4.78 is 66.2. The Labute approximate surface area is 153 Å². The molecule has 2 aromatic carbocycles. The Morgan fingerprint density at radius 1 is 1.00 bits per heavy atom. The molecule has 26 heavy (non-hydrogen) atoms. The molecule has 0 amide bonds. The topological polar surface area (TPSA) is 74.8 Å². The minimum atomic E-state index is -3.85. The summed E-state index contributed by atoms with van der Waals surface area (Å²) in [4.78, 5) is 0.132. The Morgan fingerprint density at radius 3 is 2.27 bits per heavy atom. The van der Waals surface area contributed by atoms with Gasteiger partial charge in [-0.15, -0.1) is 0 Å². The number of aryl methyl sites for hydroxylation is 1. The average molecular weight is 398 g/mol. The van der Waals surface area contributed by atoms with Crippen molar-refractivity contribution in [2.75, 3.05) is 24.9 Å². The third-order valence-corrected chi connectivity index (χ3v) is 8.02. The minimum absolute atomic E-state index is 0.00856. The standard InChI is InChI=1S/C17H19FN2O4S2/c1-12-10-14(4-6-16(12)18)26(23,24)20-9-8-13-11-15(5-7-17(13)20)25(21,22)19(2)3/h4-7,10-11H,8-9H2,1-3H3. The Hall–Kier alpha value is -1.97. The van der Waals surface area contributed by atoms with Crippen molar-refractivity contribution >= 4 is 25.7 Å². The van der Waals surface area contributed by atoms with E-state index < -0.39 is 25.9 Å². The van der Waals surface area contributed by atoms with Crippen molar-refractivity contribution in [3.05, 3.63) is 53.3 Å². The van der Waals surface area contributed by atoms with E-state index in [9.17, 15) is 21.2 Å². The van der Waals surface area contributed by atoms with E-state index in [1.807, 2.05) is 0 Å². The first-order chi connectivity index (χ1) is 12.0. The fourth-order valence-electron chi connectivity index (χ4n) is 2.87. The second kappa shape index (κ2) is 6.33. The summed E-state index contributed by atoms with van der Waals surface area (Å²) in [6, 6.07) is 8.08. The molecular weight excluding hydrogens is 379 g/mol. The molecule has 0 bridgehead atoms. The van der Waals surface area contributed by atoms with Crippen molar-refractivity contribution in [2.45, 2.75) is 23.1 Å². The summed E-state index contributed by atoms with van der Waals surface area (Å²) >= 11 is 0. The third-order valence-electron chi connectivity index (χ3n) is 4.40. The van der Waals surface area contributed by atoms with Gasteiger partial charge in [-0.25, -0.2) is 25.5 Å². The van der Waals surface area contributed by atoms with Gasteiger partial charge in [0.15, 0.2) is 0 Å². The summed E-state index contributed by atoms with van der Waals surface area (Å²) in [6.07, 6.45) is 0.408. The molecule has 6 nitrogen and oxygen atoms in total. The number of hydrogen-bond donors (Lipinski definition) is 0. The minimum Gasteiger partial charge on any atom is -0.266 e. The number of nitrogens with zero attached hydrogens (tertiary/aromatic N) is 2. The molecule has 1 aliphatic rings. The number of hydrogen-bond acceptors (Lipinski definition) is 4. The van der Waals surface area contributed by atoms with E-state index in [-0.39, 0.29) is 21.9 Å². The highest BCUT2D eigenvalue weighted by Gasteiger charge is 2.32. The van der Waals surface area contributed by atoms with E-state index in [4.69, 9.17) is 0 Å². The van der Waals surface area contributed by atoms with Gasteiger partial charge in [-0.1, -0.05) is 0 Å². The molecule has 1 aliphatic heterocycles. The van der Waals surface area contributed by atoms with Crippen molar-refractivity contribution in [3.8, 4) is 0 Å². The summed E-state index contributed by atoms with van der Waals surface area (Å²) in [5.74, 6) is -0.468. The monoisotopic (exact) mass is 398 g/mol. The maximum Gasteiger partial charge on any atom is 0.264 e. The molecule has 0 fully saturated rings. The van der Waals surface area contributed by atoms with Gasteiger partial charge < -0.3 is 0 Å². The Kier molecular flexibility index (Phi) is 4.58. The van der Waals surface area contributed by atoms with Gasteiger partial charge in [0.05, 0.1) is 15.5 Å². The molecular formula is C17H19FN2O4S2. The molecule has 0 aliphatic carbocycles. The van der Waals surface area contributed by atoms with Crippen LogP contribution in [0.25, 0.3) is 0 Å². The molecule has 0 unspecified atom stereocenters. The first-order valence-electron chi connectivity index (χ1n) is 7.89. The predicted octanol–water partition coefficient (Wildman–Crippen LogP) is 2.14. The lowest BCUT2D eigenvalue weighted by molar-refractivity contribution is 0.520. The summed E-state index contributed by atoms with van der Waals surface area (Å²) in [6.45, 7) is 1.71. The fourth-order valence-corrected chi connectivity index (χ4v) is 5.42. The predicted molar refractivity (Wildman–Crippen MR) is 96.7 cm³/mol. The van der Waals surface area contributed by atoms with Crippen LogP contribution in [0.2, 0.25) is 0 Å². The lowest BCUT2D eigenvalue weighted by Gasteiger charge is -2.20. The van der Waals surface area contributed by atoms with Gasteiger partial charge in [-0.05, 0) is 60.9 Å². The summed E-state index contributed by atoms with van der Waals surface area (Å²) in [5.41, 5.74) is 1.35. The van der Waals surface area contributed by atoms with Crippen LogP contribution in [0.5, 0.6) is 0 Å². The Bertz CT molecular complexity index is 1080. The first-order valence-corrected chi connectivity index (χ1v) is 10.8.